The Bertz CT molecular complexity index is 803. The average Bonchev–Trinajstić information content (AvgIpc) is 2.54. The van der Waals surface area contributed by atoms with Crippen LogP contribution in [0, 0.1) is 0 Å². The van der Waals surface area contributed by atoms with E-state index in [1.807, 2.05) is 30.3 Å². The molecule has 0 aliphatic rings. The molecule has 112 valence electrons. The van der Waals surface area contributed by atoms with E-state index in [9.17, 15) is 8.42 Å². The molecule has 0 aliphatic carbocycles. The highest BCUT2D eigenvalue weighted by atomic mass is 32.2. The van der Waals surface area contributed by atoms with Crippen molar-refractivity contribution in [1.82, 2.24) is 0 Å². The zero-order chi connectivity index (χ0) is 16.0. The zero-order valence-electron chi connectivity index (χ0n) is 12.0. The van der Waals surface area contributed by atoms with Crippen molar-refractivity contribution in [1.29, 1.82) is 0 Å². The lowest BCUT2D eigenvalue weighted by Gasteiger charge is -2.09. The molecular weight excluding hydrogens is 296 g/mol. The van der Waals surface area contributed by atoms with Crippen molar-refractivity contribution in [2.24, 2.45) is 0 Å². The SMILES string of the molecule is C=Cc1cccc(S(=O)(=O)OC=Cc2ccccc2)c1C=C. The van der Waals surface area contributed by atoms with Gasteiger partial charge in [-0.2, -0.15) is 8.42 Å². The van der Waals surface area contributed by atoms with Crippen molar-refractivity contribution in [2.75, 3.05) is 0 Å². The predicted molar refractivity (Wildman–Crippen MR) is 90.4 cm³/mol. The maximum Gasteiger partial charge on any atom is 0.339 e. The van der Waals surface area contributed by atoms with Gasteiger partial charge in [0.15, 0.2) is 0 Å². The summed E-state index contributed by atoms with van der Waals surface area (Å²) in [6.07, 6.45) is 5.81. The summed E-state index contributed by atoms with van der Waals surface area (Å²) in [7, 11) is -3.91. The normalized spacial score (nSPS) is 11.3. The molecule has 0 spiro atoms. The maximum atomic E-state index is 12.3. The van der Waals surface area contributed by atoms with Crippen LogP contribution in [0.15, 0.2) is 72.8 Å². The van der Waals surface area contributed by atoms with Crippen molar-refractivity contribution in [3.8, 4) is 0 Å². The fourth-order valence-electron chi connectivity index (χ4n) is 1.97. The Kier molecular flexibility index (Phi) is 4.96. The van der Waals surface area contributed by atoms with Gasteiger partial charge in [0, 0.05) is 5.56 Å². The molecule has 3 nitrogen and oxygen atoms in total. The van der Waals surface area contributed by atoms with Crippen LogP contribution in [0.5, 0.6) is 0 Å². The second-order valence-electron chi connectivity index (χ2n) is 4.43. The number of hydrogen-bond donors (Lipinski definition) is 0. The molecule has 4 heteroatoms. The van der Waals surface area contributed by atoms with E-state index in [-0.39, 0.29) is 4.90 Å². The Morgan fingerprint density at radius 2 is 1.64 bits per heavy atom. The minimum Gasteiger partial charge on any atom is -0.387 e. The molecule has 0 heterocycles. The van der Waals surface area contributed by atoms with Gasteiger partial charge in [-0.1, -0.05) is 67.8 Å². The molecule has 2 rings (SSSR count). The first-order valence-corrected chi connectivity index (χ1v) is 8.02. The molecule has 0 radical (unpaired) electrons. The fourth-order valence-corrected chi connectivity index (χ4v) is 2.99. The third-order valence-corrected chi connectivity index (χ3v) is 4.29. The average molecular weight is 312 g/mol. The van der Waals surface area contributed by atoms with Gasteiger partial charge >= 0.3 is 10.1 Å². The molecule has 22 heavy (non-hydrogen) atoms. The highest BCUT2D eigenvalue weighted by molar-refractivity contribution is 7.87. The summed E-state index contributed by atoms with van der Waals surface area (Å²) >= 11 is 0. The van der Waals surface area contributed by atoms with E-state index in [2.05, 4.69) is 13.2 Å². The quantitative estimate of drug-likeness (QED) is 0.588. The smallest absolute Gasteiger partial charge is 0.339 e. The minimum absolute atomic E-state index is 0.0672. The van der Waals surface area contributed by atoms with Crippen LogP contribution in [-0.2, 0) is 14.3 Å². The van der Waals surface area contributed by atoms with Gasteiger partial charge in [0.05, 0.1) is 0 Å². The molecule has 0 bridgehead atoms. The summed E-state index contributed by atoms with van der Waals surface area (Å²) in [6.45, 7) is 7.32. The van der Waals surface area contributed by atoms with Gasteiger partial charge in [0.1, 0.15) is 11.2 Å². The second-order valence-corrected chi connectivity index (χ2v) is 5.97. The van der Waals surface area contributed by atoms with Crippen LogP contribution < -0.4 is 0 Å². The Morgan fingerprint density at radius 1 is 0.909 bits per heavy atom. The van der Waals surface area contributed by atoms with E-state index in [1.165, 1.54) is 12.1 Å². The van der Waals surface area contributed by atoms with E-state index in [0.29, 0.717) is 11.1 Å². The van der Waals surface area contributed by atoms with E-state index in [0.717, 1.165) is 11.8 Å². The Morgan fingerprint density at radius 3 is 2.27 bits per heavy atom. The van der Waals surface area contributed by atoms with Crippen LogP contribution >= 0.6 is 0 Å². The fraction of sp³-hybridized carbons (Fsp3) is 0. The van der Waals surface area contributed by atoms with Crippen LogP contribution in [0.25, 0.3) is 18.2 Å². The van der Waals surface area contributed by atoms with Gasteiger partial charge in [-0.15, -0.1) is 0 Å². The van der Waals surface area contributed by atoms with Crippen LogP contribution in [0.3, 0.4) is 0 Å². The molecule has 0 unspecified atom stereocenters. The third-order valence-electron chi connectivity index (χ3n) is 3.04. The number of hydrogen-bond acceptors (Lipinski definition) is 3. The van der Waals surface area contributed by atoms with Gasteiger partial charge < -0.3 is 4.18 Å². The van der Waals surface area contributed by atoms with Crippen molar-refractivity contribution in [3.05, 3.63) is 84.6 Å². The summed E-state index contributed by atoms with van der Waals surface area (Å²) in [5.41, 5.74) is 2.01. The Balaban J connectivity index is 2.30. The van der Waals surface area contributed by atoms with Crippen molar-refractivity contribution in [2.45, 2.75) is 4.90 Å². The summed E-state index contributed by atoms with van der Waals surface area (Å²) < 4.78 is 29.6. The first-order valence-electron chi connectivity index (χ1n) is 6.61. The molecule has 0 N–H and O–H groups in total. The van der Waals surface area contributed by atoms with Gasteiger partial charge in [-0.25, -0.2) is 0 Å². The summed E-state index contributed by atoms with van der Waals surface area (Å²) in [5, 5.41) is 0. The minimum atomic E-state index is -3.91. The molecular formula is C18H16O3S. The lowest BCUT2D eigenvalue weighted by molar-refractivity contribution is 0.445. The standard InChI is InChI=1S/C18H16O3S/c1-3-16-11-8-12-18(17(16)4-2)22(19,20)21-14-13-15-9-6-5-7-10-15/h3-14H,1-2H2. The molecule has 2 aromatic carbocycles. The summed E-state index contributed by atoms with van der Waals surface area (Å²) in [4.78, 5) is 0.0672. The molecule has 0 saturated carbocycles. The first-order chi connectivity index (χ1) is 10.6. The lowest BCUT2D eigenvalue weighted by atomic mass is 10.1. The zero-order valence-corrected chi connectivity index (χ0v) is 12.8. The largest absolute Gasteiger partial charge is 0.387 e. The number of rotatable bonds is 6. The van der Waals surface area contributed by atoms with Crippen molar-refractivity contribution >= 4 is 28.3 Å². The Labute approximate surface area is 131 Å². The number of benzene rings is 2. The van der Waals surface area contributed by atoms with Gasteiger partial charge in [0.2, 0.25) is 0 Å². The van der Waals surface area contributed by atoms with Crippen LogP contribution in [0.4, 0.5) is 0 Å². The van der Waals surface area contributed by atoms with E-state index >= 15 is 0 Å². The summed E-state index contributed by atoms with van der Waals surface area (Å²) in [5.74, 6) is 0. The van der Waals surface area contributed by atoms with E-state index < -0.39 is 10.1 Å². The van der Waals surface area contributed by atoms with Crippen molar-refractivity contribution < 1.29 is 12.6 Å². The molecule has 0 atom stereocenters. The molecule has 0 saturated heterocycles. The van der Waals surface area contributed by atoms with Gasteiger partial charge in [0.25, 0.3) is 0 Å². The van der Waals surface area contributed by atoms with Crippen LogP contribution in [0.1, 0.15) is 16.7 Å². The maximum absolute atomic E-state index is 12.3. The monoisotopic (exact) mass is 312 g/mol. The molecule has 0 aliphatic heterocycles. The predicted octanol–water partition coefficient (Wildman–Crippen LogP) is 4.35. The van der Waals surface area contributed by atoms with Crippen LogP contribution in [-0.4, -0.2) is 8.42 Å². The highest BCUT2D eigenvalue weighted by Crippen LogP contribution is 2.24. The van der Waals surface area contributed by atoms with E-state index in [1.54, 1.807) is 24.3 Å². The third kappa shape index (κ3) is 3.54. The molecule has 0 amide bonds. The van der Waals surface area contributed by atoms with Crippen molar-refractivity contribution in [3.63, 3.8) is 0 Å². The topological polar surface area (TPSA) is 43.4 Å². The van der Waals surface area contributed by atoms with Crippen LogP contribution in [0.2, 0.25) is 0 Å². The Hall–Kier alpha value is -2.59. The lowest BCUT2D eigenvalue weighted by Crippen LogP contribution is -2.05. The van der Waals surface area contributed by atoms with Gasteiger partial charge in [-0.05, 0) is 23.3 Å². The first kappa shape index (κ1) is 15.8. The highest BCUT2D eigenvalue weighted by Gasteiger charge is 2.19. The molecule has 2 aromatic rings. The molecule has 0 aromatic heterocycles. The second kappa shape index (κ2) is 6.91. The molecule has 0 fully saturated rings. The summed E-state index contributed by atoms with van der Waals surface area (Å²) in [6, 6.07) is 14.2. The van der Waals surface area contributed by atoms with Gasteiger partial charge in [-0.3, -0.25) is 0 Å². The van der Waals surface area contributed by atoms with E-state index in [4.69, 9.17) is 4.18 Å².